The Labute approximate surface area is 195 Å². The van der Waals surface area contributed by atoms with E-state index in [-0.39, 0.29) is 17.9 Å². The summed E-state index contributed by atoms with van der Waals surface area (Å²) in [5, 5.41) is 0.763. The van der Waals surface area contributed by atoms with Crippen molar-refractivity contribution in [2.45, 2.75) is 46.7 Å². The number of hydrogen-bond acceptors (Lipinski definition) is 5. The number of pyridine rings is 1. The van der Waals surface area contributed by atoms with Crippen LogP contribution in [0.1, 0.15) is 57.8 Å². The number of benzene rings is 1. The van der Waals surface area contributed by atoms with Crippen LogP contribution in [-0.4, -0.2) is 62.0 Å². The molecule has 2 atom stereocenters. The fourth-order valence-corrected chi connectivity index (χ4v) is 2.98. The van der Waals surface area contributed by atoms with Crippen LogP contribution in [0, 0.1) is 0 Å². The number of carbonyl (C=O) groups is 1. The average molecular weight is 449 g/mol. The summed E-state index contributed by atoms with van der Waals surface area (Å²) in [5.41, 5.74) is 2.10. The standard InChI is InChI=1S/C11H15ClN2.C10H14N2O.2C2H6/c1-13-8-11(14(2)3)9-5-4-6-10(12)7-9;1-8(13)10(12(2)3)9-5-4-6-11-7-9;2*1-2/h4-8,11H,1-3H3;4-7,10H,1-3H3;2*1-2H3. The molecule has 0 saturated carbocycles. The highest BCUT2D eigenvalue weighted by Gasteiger charge is 2.18. The predicted molar refractivity (Wildman–Crippen MR) is 136 cm³/mol. The Morgan fingerprint density at radius 1 is 1.00 bits per heavy atom. The van der Waals surface area contributed by atoms with Crippen molar-refractivity contribution in [1.82, 2.24) is 14.8 Å². The minimum atomic E-state index is -0.173. The minimum Gasteiger partial charge on any atom is -0.299 e. The van der Waals surface area contributed by atoms with Gasteiger partial charge >= 0.3 is 0 Å². The molecular formula is C25H41ClN4O. The van der Waals surface area contributed by atoms with E-state index in [1.54, 1.807) is 26.4 Å². The maximum atomic E-state index is 11.3. The van der Waals surface area contributed by atoms with Gasteiger partial charge in [0.15, 0.2) is 5.78 Å². The zero-order valence-corrected chi connectivity index (χ0v) is 21.7. The molecule has 1 heterocycles. The van der Waals surface area contributed by atoms with E-state index in [1.165, 1.54) is 0 Å². The summed E-state index contributed by atoms with van der Waals surface area (Å²) in [7, 11) is 9.60. The molecule has 174 valence electrons. The van der Waals surface area contributed by atoms with Gasteiger partial charge in [-0.2, -0.15) is 0 Å². The number of aromatic nitrogens is 1. The second kappa shape index (κ2) is 18.7. The molecule has 0 spiro atoms. The van der Waals surface area contributed by atoms with Gasteiger partial charge in [-0.3, -0.25) is 24.6 Å². The Morgan fingerprint density at radius 3 is 1.97 bits per heavy atom. The summed E-state index contributed by atoms with van der Waals surface area (Å²) < 4.78 is 0. The quantitative estimate of drug-likeness (QED) is 0.511. The molecule has 2 rings (SSSR count). The van der Waals surface area contributed by atoms with E-state index in [1.807, 2.05) is 97.3 Å². The third-order valence-corrected chi connectivity index (χ3v) is 4.17. The van der Waals surface area contributed by atoms with Gasteiger partial charge in [0.25, 0.3) is 0 Å². The van der Waals surface area contributed by atoms with Crippen molar-refractivity contribution < 1.29 is 4.79 Å². The van der Waals surface area contributed by atoms with Crippen LogP contribution in [0.2, 0.25) is 5.02 Å². The Morgan fingerprint density at radius 2 is 1.58 bits per heavy atom. The van der Waals surface area contributed by atoms with Crippen LogP contribution in [0.25, 0.3) is 0 Å². The summed E-state index contributed by atoms with van der Waals surface area (Å²) in [5.74, 6) is 0.137. The largest absolute Gasteiger partial charge is 0.299 e. The summed E-state index contributed by atoms with van der Waals surface area (Å²) in [6, 6.07) is 11.6. The van der Waals surface area contributed by atoms with Crippen LogP contribution in [0.4, 0.5) is 0 Å². The van der Waals surface area contributed by atoms with Crippen molar-refractivity contribution in [2.24, 2.45) is 4.99 Å². The minimum absolute atomic E-state index is 0.137. The zero-order chi connectivity index (χ0) is 24.4. The van der Waals surface area contributed by atoms with Crippen LogP contribution < -0.4 is 0 Å². The number of rotatable bonds is 6. The molecule has 0 saturated heterocycles. The number of hydrogen-bond donors (Lipinski definition) is 0. The molecule has 0 bridgehead atoms. The number of halogens is 1. The fraction of sp³-hybridized carbons (Fsp3) is 0.480. The SMILES string of the molecule is CC.CC.CC(=O)C(c1cccnc1)N(C)C.CN=CC(c1cccc(Cl)c1)N(C)C. The van der Waals surface area contributed by atoms with Crippen LogP contribution in [0.15, 0.2) is 53.8 Å². The first kappa shape index (κ1) is 31.1. The molecule has 0 aliphatic heterocycles. The Kier molecular flexibility index (Phi) is 18.7. The molecule has 0 N–H and O–H groups in total. The molecule has 0 fully saturated rings. The molecular weight excluding hydrogens is 408 g/mol. The summed E-state index contributed by atoms with van der Waals surface area (Å²) in [4.78, 5) is 23.3. The van der Waals surface area contributed by atoms with Crippen LogP contribution in [0.5, 0.6) is 0 Å². The first-order valence-corrected chi connectivity index (χ1v) is 11.1. The number of carbonyl (C=O) groups excluding carboxylic acids is 1. The normalized spacial score (nSPS) is 12.0. The van der Waals surface area contributed by atoms with Gasteiger partial charge in [-0.05, 0) is 64.4 Å². The molecule has 31 heavy (non-hydrogen) atoms. The lowest BCUT2D eigenvalue weighted by atomic mass is 10.1. The van der Waals surface area contributed by atoms with E-state index in [9.17, 15) is 4.79 Å². The second-order valence-corrected chi connectivity index (χ2v) is 7.07. The van der Waals surface area contributed by atoms with E-state index in [0.717, 1.165) is 16.1 Å². The summed E-state index contributed by atoms with van der Waals surface area (Å²) >= 11 is 5.93. The first-order chi connectivity index (χ1) is 14.8. The number of nitrogens with zero attached hydrogens (tertiary/aromatic N) is 4. The third kappa shape index (κ3) is 12.4. The summed E-state index contributed by atoms with van der Waals surface area (Å²) in [6.45, 7) is 9.59. The fourth-order valence-electron chi connectivity index (χ4n) is 2.78. The van der Waals surface area contributed by atoms with Gasteiger partial charge in [0.1, 0.15) is 0 Å². The van der Waals surface area contributed by atoms with E-state index < -0.39 is 0 Å². The van der Waals surface area contributed by atoms with Gasteiger partial charge < -0.3 is 0 Å². The lowest BCUT2D eigenvalue weighted by Gasteiger charge is -2.21. The van der Waals surface area contributed by atoms with Gasteiger partial charge in [-0.15, -0.1) is 0 Å². The molecule has 0 radical (unpaired) electrons. The van der Waals surface area contributed by atoms with Gasteiger partial charge in [-0.1, -0.05) is 57.5 Å². The highest BCUT2D eigenvalue weighted by Crippen LogP contribution is 2.20. The molecule has 1 aromatic carbocycles. The molecule has 6 heteroatoms. The third-order valence-electron chi connectivity index (χ3n) is 3.94. The number of likely N-dealkylation sites (N-methyl/N-ethyl adjacent to an activating group) is 1. The molecule has 0 amide bonds. The lowest BCUT2D eigenvalue weighted by molar-refractivity contribution is -0.121. The maximum absolute atomic E-state index is 11.3. The van der Waals surface area contributed by atoms with Gasteiger partial charge in [0.2, 0.25) is 0 Å². The Balaban J connectivity index is 0. The van der Waals surface area contributed by atoms with Crippen LogP contribution in [-0.2, 0) is 4.79 Å². The van der Waals surface area contributed by atoms with E-state index in [0.29, 0.717) is 0 Å². The van der Waals surface area contributed by atoms with Crippen molar-refractivity contribution >= 4 is 23.6 Å². The zero-order valence-electron chi connectivity index (χ0n) is 20.9. The molecule has 5 nitrogen and oxygen atoms in total. The molecule has 0 aliphatic rings. The Hall–Kier alpha value is -2.08. The Bertz CT molecular complexity index is 733. The number of aliphatic imine (C=N–C) groups is 1. The smallest absolute Gasteiger partial charge is 0.151 e. The highest BCUT2D eigenvalue weighted by atomic mass is 35.5. The van der Waals surface area contributed by atoms with E-state index in [2.05, 4.69) is 20.9 Å². The summed E-state index contributed by atoms with van der Waals surface area (Å²) in [6.07, 6.45) is 5.34. The van der Waals surface area contributed by atoms with Crippen molar-refractivity contribution in [1.29, 1.82) is 0 Å². The first-order valence-electron chi connectivity index (χ1n) is 10.7. The molecule has 1 aromatic heterocycles. The average Bonchev–Trinajstić information content (AvgIpc) is 2.75. The predicted octanol–water partition coefficient (Wildman–Crippen LogP) is 5.97. The molecule has 2 unspecified atom stereocenters. The van der Waals surface area contributed by atoms with Gasteiger partial charge in [0.05, 0.1) is 12.1 Å². The van der Waals surface area contributed by atoms with Crippen LogP contribution in [0.3, 0.4) is 0 Å². The van der Waals surface area contributed by atoms with Crippen LogP contribution >= 0.6 is 11.6 Å². The number of ketones is 1. The van der Waals surface area contributed by atoms with E-state index in [4.69, 9.17) is 11.6 Å². The monoisotopic (exact) mass is 448 g/mol. The number of Topliss-reactive ketones (excluding diaryl/α,β-unsaturated/α-hetero) is 1. The molecule has 2 aromatic rings. The van der Waals surface area contributed by atoms with Crippen molar-refractivity contribution in [3.63, 3.8) is 0 Å². The second-order valence-electron chi connectivity index (χ2n) is 6.63. The van der Waals surface area contributed by atoms with Crippen molar-refractivity contribution in [2.75, 3.05) is 35.2 Å². The maximum Gasteiger partial charge on any atom is 0.151 e. The van der Waals surface area contributed by atoms with Crippen molar-refractivity contribution in [3.8, 4) is 0 Å². The van der Waals surface area contributed by atoms with E-state index >= 15 is 0 Å². The lowest BCUT2D eigenvalue weighted by Crippen LogP contribution is -2.25. The van der Waals surface area contributed by atoms with Crippen molar-refractivity contribution in [3.05, 3.63) is 64.9 Å². The topological polar surface area (TPSA) is 48.8 Å². The highest BCUT2D eigenvalue weighted by molar-refractivity contribution is 6.30. The van der Waals surface area contributed by atoms with Gasteiger partial charge in [-0.25, -0.2) is 0 Å². The van der Waals surface area contributed by atoms with Gasteiger partial charge in [0, 0.05) is 30.7 Å². The molecule has 0 aliphatic carbocycles.